The molecule has 2 rings (SSSR count). The molecule has 1 aliphatic rings. The summed E-state index contributed by atoms with van der Waals surface area (Å²) in [7, 11) is 0. The summed E-state index contributed by atoms with van der Waals surface area (Å²) < 4.78 is 0. The first-order valence-electron chi connectivity index (χ1n) is 7.60. The second-order valence-corrected chi connectivity index (χ2v) is 6.35. The van der Waals surface area contributed by atoms with Crippen LogP contribution in [0.2, 0.25) is 0 Å². The van der Waals surface area contributed by atoms with E-state index < -0.39 is 0 Å². The van der Waals surface area contributed by atoms with Crippen molar-refractivity contribution in [2.75, 3.05) is 6.54 Å². The average Bonchev–Trinajstić information content (AvgIpc) is 3.19. The van der Waals surface area contributed by atoms with Gasteiger partial charge < -0.3 is 5.32 Å². The fraction of sp³-hybridized carbons (Fsp3) is 0.556. The number of rotatable bonds is 6. The molecule has 104 valence electrons. The minimum absolute atomic E-state index is 0.541. The van der Waals surface area contributed by atoms with Crippen molar-refractivity contribution in [1.82, 2.24) is 5.32 Å². The number of nitrogens with one attached hydrogen (secondary N) is 1. The molecule has 0 unspecified atom stereocenters. The first kappa shape index (κ1) is 14.3. The molecule has 1 fully saturated rings. The van der Waals surface area contributed by atoms with Crippen LogP contribution in [0.3, 0.4) is 0 Å². The minimum atomic E-state index is 0.541. The summed E-state index contributed by atoms with van der Waals surface area (Å²) in [6.07, 6.45) is 5.10. The Morgan fingerprint density at radius 2 is 1.79 bits per heavy atom. The Morgan fingerprint density at radius 1 is 1.16 bits per heavy atom. The van der Waals surface area contributed by atoms with Gasteiger partial charge in [-0.15, -0.1) is 0 Å². The Bertz CT molecular complexity index is 422. The van der Waals surface area contributed by atoms with Gasteiger partial charge in [0.1, 0.15) is 0 Å². The predicted octanol–water partition coefficient (Wildman–Crippen LogP) is 4.60. The Kier molecular flexibility index (Phi) is 4.81. The van der Waals surface area contributed by atoms with Crippen molar-refractivity contribution in [2.45, 2.75) is 52.5 Å². The van der Waals surface area contributed by atoms with E-state index in [-0.39, 0.29) is 0 Å². The van der Waals surface area contributed by atoms with Gasteiger partial charge >= 0.3 is 0 Å². The lowest BCUT2D eigenvalue weighted by molar-refractivity contribution is 0.593. The molecule has 19 heavy (non-hydrogen) atoms. The summed E-state index contributed by atoms with van der Waals surface area (Å²) in [6, 6.07) is 9.69. The largest absolute Gasteiger partial charge is 0.311 e. The maximum Gasteiger partial charge on any atom is 0.0172 e. The maximum absolute atomic E-state index is 3.52. The smallest absolute Gasteiger partial charge is 0.0172 e. The molecule has 1 heteroatoms. The monoisotopic (exact) mass is 257 g/mol. The van der Waals surface area contributed by atoms with Crippen LogP contribution < -0.4 is 5.32 Å². The second-order valence-electron chi connectivity index (χ2n) is 6.35. The Hall–Kier alpha value is -1.08. The summed E-state index contributed by atoms with van der Waals surface area (Å²) in [5.74, 6) is 1.44. The summed E-state index contributed by atoms with van der Waals surface area (Å²) in [5, 5.41) is 3.52. The zero-order chi connectivity index (χ0) is 13.8. The maximum atomic E-state index is 3.52. The van der Waals surface area contributed by atoms with Crippen LogP contribution in [0.15, 0.2) is 29.8 Å². The lowest BCUT2D eigenvalue weighted by Gasteiger charge is -2.15. The highest BCUT2D eigenvalue weighted by Gasteiger charge is 2.22. The molecule has 0 amide bonds. The Labute approximate surface area is 118 Å². The van der Waals surface area contributed by atoms with E-state index in [1.54, 1.807) is 0 Å². The number of hydrogen-bond acceptors (Lipinski definition) is 1. The Balaban J connectivity index is 2.06. The molecule has 0 atom stereocenters. The van der Waals surface area contributed by atoms with Crippen LogP contribution in [-0.4, -0.2) is 12.6 Å². The van der Waals surface area contributed by atoms with Crippen LogP contribution in [0.5, 0.6) is 0 Å². The summed E-state index contributed by atoms with van der Waals surface area (Å²) in [5.41, 5.74) is 4.33. The molecule has 1 aromatic rings. The zero-order valence-electron chi connectivity index (χ0n) is 12.7. The van der Waals surface area contributed by atoms with Gasteiger partial charge in [-0.25, -0.2) is 0 Å². The first-order chi connectivity index (χ1) is 9.06. The molecule has 0 saturated heterocycles. The summed E-state index contributed by atoms with van der Waals surface area (Å²) in [6.45, 7) is 9.92. The van der Waals surface area contributed by atoms with Crippen molar-refractivity contribution in [3.63, 3.8) is 0 Å². The van der Waals surface area contributed by atoms with Crippen molar-refractivity contribution < 1.29 is 0 Å². The Morgan fingerprint density at radius 3 is 2.26 bits per heavy atom. The van der Waals surface area contributed by atoms with Crippen molar-refractivity contribution in [1.29, 1.82) is 0 Å². The molecule has 1 N–H and O–H groups in total. The van der Waals surface area contributed by atoms with Crippen molar-refractivity contribution >= 4 is 6.08 Å². The van der Waals surface area contributed by atoms with E-state index in [2.05, 4.69) is 63.4 Å². The molecule has 1 aliphatic carbocycles. The normalized spacial score (nSPS) is 16.4. The first-order valence-corrected chi connectivity index (χ1v) is 7.60. The van der Waals surface area contributed by atoms with Gasteiger partial charge in [0.05, 0.1) is 0 Å². The van der Waals surface area contributed by atoms with Gasteiger partial charge in [-0.3, -0.25) is 0 Å². The number of benzene rings is 1. The van der Waals surface area contributed by atoms with Gasteiger partial charge in [-0.1, -0.05) is 63.6 Å². The van der Waals surface area contributed by atoms with Crippen molar-refractivity contribution in [3.05, 3.63) is 41.0 Å². The van der Waals surface area contributed by atoms with Crippen molar-refractivity contribution in [3.8, 4) is 0 Å². The fourth-order valence-electron chi connectivity index (χ4n) is 2.24. The standard InChI is InChI=1S/C18H27N/c1-13(2)18(12-19-14(3)4)11-15-5-7-16(8-6-15)17-9-10-17/h5-8,11,13-14,17,19H,9-10,12H2,1-4H3. The molecule has 0 aromatic heterocycles. The molecule has 1 aromatic carbocycles. The highest BCUT2D eigenvalue weighted by atomic mass is 14.9. The SMILES string of the molecule is CC(C)NCC(=Cc1ccc(C2CC2)cc1)C(C)C. The van der Waals surface area contributed by atoms with Crippen molar-refractivity contribution in [2.24, 2.45) is 5.92 Å². The third-order valence-corrected chi connectivity index (χ3v) is 3.79. The third kappa shape index (κ3) is 4.50. The van der Waals surface area contributed by atoms with Crippen LogP contribution in [0.1, 0.15) is 57.6 Å². The molecular weight excluding hydrogens is 230 g/mol. The summed E-state index contributed by atoms with van der Waals surface area (Å²) in [4.78, 5) is 0. The predicted molar refractivity (Wildman–Crippen MR) is 84.4 cm³/mol. The van der Waals surface area contributed by atoms with Gasteiger partial charge in [-0.05, 0) is 35.8 Å². The van der Waals surface area contributed by atoms with Crippen LogP contribution in [0, 0.1) is 5.92 Å². The fourth-order valence-corrected chi connectivity index (χ4v) is 2.24. The van der Waals surface area contributed by atoms with Crippen LogP contribution >= 0.6 is 0 Å². The second kappa shape index (κ2) is 6.38. The molecule has 0 bridgehead atoms. The molecule has 0 radical (unpaired) electrons. The topological polar surface area (TPSA) is 12.0 Å². The average molecular weight is 257 g/mol. The molecule has 0 heterocycles. The van der Waals surface area contributed by atoms with E-state index >= 15 is 0 Å². The highest BCUT2D eigenvalue weighted by molar-refractivity contribution is 5.54. The van der Waals surface area contributed by atoms with Crippen LogP contribution in [-0.2, 0) is 0 Å². The molecule has 1 nitrogen and oxygen atoms in total. The van der Waals surface area contributed by atoms with Crippen LogP contribution in [0.25, 0.3) is 6.08 Å². The van der Waals surface area contributed by atoms with Crippen LogP contribution in [0.4, 0.5) is 0 Å². The van der Waals surface area contributed by atoms with E-state index in [9.17, 15) is 0 Å². The quantitative estimate of drug-likeness (QED) is 0.785. The molecule has 1 saturated carbocycles. The van der Waals surface area contributed by atoms with Gasteiger partial charge in [0.25, 0.3) is 0 Å². The van der Waals surface area contributed by atoms with E-state index in [4.69, 9.17) is 0 Å². The van der Waals surface area contributed by atoms with Gasteiger partial charge in [0.15, 0.2) is 0 Å². The van der Waals surface area contributed by atoms with E-state index in [0.29, 0.717) is 12.0 Å². The lowest BCUT2D eigenvalue weighted by atomic mass is 9.99. The number of hydrogen-bond donors (Lipinski definition) is 1. The van der Waals surface area contributed by atoms with Gasteiger partial charge in [-0.2, -0.15) is 0 Å². The zero-order valence-corrected chi connectivity index (χ0v) is 12.7. The molecular formula is C18H27N. The highest BCUT2D eigenvalue weighted by Crippen LogP contribution is 2.39. The third-order valence-electron chi connectivity index (χ3n) is 3.79. The molecule has 0 spiro atoms. The molecule has 0 aliphatic heterocycles. The summed E-state index contributed by atoms with van der Waals surface area (Å²) >= 11 is 0. The van der Waals surface area contributed by atoms with Gasteiger partial charge in [0, 0.05) is 12.6 Å². The van der Waals surface area contributed by atoms with E-state index in [0.717, 1.165) is 12.5 Å². The van der Waals surface area contributed by atoms with E-state index in [1.165, 1.54) is 29.5 Å². The van der Waals surface area contributed by atoms with E-state index in [1.807, 2.05) is 0 Å². The lowest BCUT2D eigenvalue weighted by Crippen LogP contribution is -2.26. The minimum Gasteiger partial charge on any atom is -0.311 e. The van der Waals surface area contributed by atoms with Gasteiger partial charge in [0.2, 0.25) is 0 Å².